The van der Waals surface area contributed by atoms with Crippen molar-refractivity contribution in [2.45, 2.75) is 13.3 Å². The van der Waals surface area contributed by atoms with Crippen molar-refractivity contribution in [1.82, 2.24) is 15.2 Å². The lowest BCUT2D eigenvalue weighted by Gasteiger charge is -2.06. The molecule has 1 aromatic heterocycles. The SMILES string of the molecule is CCc1cc(-c2cnc(N)nn2)ccc1C(=O)O. The van der Waals surface area contributed by atoms with E-state index in [1.165, 1.54) is 6.20 Å². The predicted octanol–water partition coefficient (Wildman–Crippen LogP) is 1.38. The summed E-state index contributed by atoms with van der Waals surface area (Å²) in [5.74, 6) is -0.823. The Morgan fingerprint density at radius 3 is 2.72 bits per heavy atom. The van der Waals surface area contributed by atoms with Crippen LogP contribution in [0.2, 0.25) is 0 Å². The third kappa shape index (κ3) is 2.27. The van der Waals surface area contributed by atoms with Gasteiger partial charge in [-0.15, -0.1) is 10.2 Å². The maximum atomic E-state index is 11.0. The van der Waals surface area contributed by atoms with Gasteiger partial charge in [-0.3, -0.25) is 0 Å². The Bertz CT molecular complexity index is 581. The topological polar surface area (TPSA) is 102 Å². The van der Waals surface area contributed by atoms with Gasteiger partial charge in [0, 0.05) is 5.56 Å². The second kappa shape index (κ2) is 4.79. The summed E-state index contributed by atoms with van der Waals surface area (Å²) >= 11 is 0. The molecule has 6 heteroatoms. The number of anilines is 1. The minimum atomic E-state index is -0.931. The highest BCUT2D eigenvalue weighted by Crippen LogP contribution is 2.20. The molecule has 0 spiro atoms. The number of aromatic nitrogens is 3. The Labute approximate surface area is 104 Å². The summed E-state index contributed by atoms with van der Waals surface area (Å²) in [7, 11) is 0. The number of aromatic carboxylic acids is 1. The molecular weight excluding hydrogens is 232 g/mol. The van der Waals surface area contributed by atoms with Crippen molar-refractivity contribution in [2.24, 2.45) is 0 Å². The molecule has 0 atom stereocenters. The van der Waals surface area contributed by atoms with E-state index < -0.39 is 5.97 Å². The molecule has 0 saturated carbocycles. The Balaban J connectivity index is 2.47. The predicted molar refractivity (Wildman–Crippen MR) is 66.0 cm³/mol. The van der Waals surface area contributed by atoms with Gasteiger partial charge in [0.2, 0.25) is 5.95 Å². The summed E-state index contributed by atoms with van der Waals surface area (Å²) in [6, 6.07) is 5.03. The molecule has 6 nitrogen and oxygen atoms in total. The number of nitrogens with zero attached hydrogens (tertiary/aromatic N) is 3. The minimum Gasteiger partial charge on any atom is -0.478 e. The standard InChI is InChI=1S/C12H12N4O2/c1-2-7-5-8(3-4-9(7)11(17)18)10-6-14-12(13)16-15-10/h3-6H,2H2,1H3,(H,17,18)(H2,13,14,16). The van der Waals surface area contributed by atoms with Gasteiger partial charge in [0.05, 0.1) is 11.8 Å². The van der Waals surface area contributed by atoms with Gasteiger partial charge in [-0.25, -0.2) is 9.78 Å². The van der Waals surface area contributed by atoms with Crippen LogP contribution in [0.3, 0.4) is 0 Å². The molecule has 0 amide bonds. The van der Waals surface area contributed by atoms with E-state index in [2.05, 4.69) is 15.2 Å². The van der Waals surface area contributed by atoms with E-state index in [0.717, 1.165) is 11.1 Å². The summed E-state index contributed by atoms with van der Waals surface area (Å²) in [6.07, 6.45) is 2.14. The van der Waals surface area contributed by atoms with Crippen molar-refractivity contribution in [3.63, 3.8) is 0 Å². The van der Waals surface area contributed by atoms with Crippen molar-refractivity contribution >= 4 is 11.9 Å². The molecule has 1 aromatic carbocycles. The smallest absolute Gasteiger partial charge is 0.335 e. The molecule has 1 heterocycles. The van der Waals surface area contributed by atoms with Crippen LogP contribution >= 0.6 is 0 Å². The number of rotatable bonds is 3. The third-order valence-electron chi connectivity index (χ3n) is 2.59. The van der Waals surface area contributed by atoms with Crippen LogP contribution < -0.4 is 5.73 Å². The molecular formula is C12H12N4O2. The lowest BCUT2D eigenvalue weighted by Crippen LogP contribution is -2.03. The number of nitrogens with two attached hydrogens (primary N) is 1. The van der Waals surface area contributed by atoms with Gasteiger partial charge in [-0.05, 0) is 24.1 Å². The molecule has 2 rings (SSSR count). The summed E-state index contributed by atoms with van der Waals surface area (Å²) in [6.45, 7) is 1.90. The lowest BCUT2D eigenvalue weighted by molar-refractivity contribution is 0.0696. The fraction of sp³-hybridized carbons (Fsp3) is 0.167. The molecule has 0 aliphatic carbocycles. The molecule has 3 N–H and O–H groups in total. The highest BCUT2D eigenvalue weighted by molar-refractivity contribution is 5.90. The highest BCUT2D eigenvalue weighted by Gasteiger charge is 2.10. The first-order valence-corrected chi connectivity index (χ1v) is 5.43. The van der Waals surface area contributed by atoms with E-state index in [4.69, 9.17) is 10.8 Å². The quantitative estimate of drug-likeness (QED) is 0.845. The second-order valence-electron chi connectivity index (χ2n) is 3.73. The molecule has 0 aliphatic rings. The summed E-state index contributed by atoms with van der Waals surface area (Å²) < 4.78 is 0. The Morgan fingerprint density at radius 1 is 1.39 bits per heavy atom. The highest BCUT2D eigenvalue weighted by atomic mass is 16.4. The Kier molecular flexibility index (Phi) is 3.18. The zero-order chi connectivity index (χ0) is 13.1. The van der Waals surface area contributed by atoms with Crippen LogP contribution in [0.25, 0.3) is 11.3 Å². The number of carbonyl (C=O) groups is 1. The van der Waals surface area contributed by atoms with Crippen molar-refractivity contribution in [3.05, 3.63) is 35.5 Å². The third-order valence-corrected chi connectivity index (χ3v) is 2.59. The zero-order valence-corrected chi connectivity index (χ0v) is 9.79. The molecule has 92 valence electrons. The van der Waals surface area contributed by atoms with Crippen molar-refractivity contribution in [3.8, 4) is 11.3 Å². The molecule has 0 unspecified atom stereocenters. The first-order chi connectivity index (χ1) is 8.61. The van der Waals surface area contributed by atoms with E-state index >= 15 is 0 Å². The largest absolute Gasteiger partial charge is 0.478 e. The van der Waals surface area contributed by atoms with Crippen LogP contribution in [0.15, 0.2) is 24.4 Å². The van der Waals surface area contributed by atoms with Crippen LogP contribution in [0, 0.1) is 0 Å². The zero-order valence-electron chi connectivity index (χ0n) is 9.79. The number of aryl methyl sites for hydroxylation is 1. The van der Waals surface area contributed by atoms with Crippen LogP contribution in [-0.4, -0.2) is 26.3 Å². The average molecular weight is 244 g/mol. The lowest BCUT2D eigenvalue weighted by atomic mass is 10.0. The summed E-state index contributed by atoms with van der Waals surface area (Å²) in [5, 5.41) is 16.6. The monoisotopic (exact) mass is 244 g/mol. The molecule has 0 radical (unpaired) electrons. The number of nitrogen functional groups attached to an aromatic ring is 1. The molecule has 2 aromatic rings. The molecule has 0 bridgehead atoms. The second-order valence-corrected chi connectivity index (χ2v) is 3.73. The number of carboxylic acid groups (broad SMARTS) is 1. The Morgan fingerprint density at radius 2 is 2.17 bits per heavy atom. The minimum absolute atomic E-state index is 0.108. The summed E-state index contributed by atoms with van der Waals surface area (Å²) in [4.78, 5) is 14.9. The molecule has 0 aliphatic heterocycles. The van der Waals surface area contributed by atoms with E-state index in [9.17, 15) is 4.79 Å². The molecule has 0 saturated heterocycles. The number of benzene rings is 1. The number of hydrogen-bond donors (Lipinski definition) is 2. The molecule has 0 fully saturated rings. The van der Waals surface area contributed by atoms with Gasteiger partial charge in [0.25, 0.3) is 0 Å². The average Bonchev–Trinajstić information content (AvgIpc) is 2.38. The van der Waals surface area contributed by atoms with E-state index in [0.29, 0.717) is 17.7 Å². The number of hydrogen-bond acceptors (Lipinski definition) is 5. The molecule has 18 heavy (non-hydrogen) atoms. The van der Waals surface area contributed by atoms with E-state index in [1.54, 1.807) is 18.2 Å². The first kappa shape index (κ1) is 12.0. The fourth-order valence-electron chi connectivity index (χ4n) is 1.67. The van der Waals surface area contributed by atoms with Crippen LogP contribution in [0.4, 0.5) is 5.95 Å². The van der Waals surface area contributed by atoms with Crippen LogP contribution in [0.5, 0.6) is 0 Å². The van der Waals surface area contributed by atoms with Gasteiger partial charge in [-0.1, -0.05) is 13.0 Å². The van der Waals surface area contributed by atoms with E-state index in [-0.39, 0.29) is 5.95 Å². The number of carboxylic acids is 1. The van der Waals surface area contributed by atoms with Crippen LogP contribution in [-0.2, 0) is 6.42 Å². The maximum Gasteiger partial charge on any atom is 0.335 e. The fourth-order valence-corrected chi connectivity index (χ4v) is 1.67. The van der Waals surface area contributed by atoms with E-state index in [1.807, 2.05) is 6.92 Å². The van der Waals surface area contributed by atoms with Gasteiger partial charge >= 0.3 is 5.97 Å². The normalized spacial score (nSPS) is 10.3. The van der Waals surface area contributed by atoms with Gasteiger partial charge in [-0.2, -0.15) is 0 Å². The van der Waals surface area contributed by atoms with Gasteiger partial charge in [0.1, 0.15) is 5.69 Å². The van der Waals surface area contributed by atoms with Gasteiger partial charge < -0.3 is 10.8 Å². The van der Waals surface area contributed by atoms with Gasteiger partial charge in [0.15, 0.2) is 0 Å². The summed E-state index contributed by atoms with van der Waals surface area (Å²) in [5.41, 5.74) is 7.75. The maximum absolute atomic E-state index is 11.0. The van der Waals surface area contributed by atoms with Crippen molar-refractivity contribution in [1.29, 1.82) is 0 Å². The first-order valence-electron chi connectivity index (χ1n) is 5.43. The Hall–Kier alpha value is -2.50. The van der Waals surface area contributed by atoms with Crippen molar-refractivity contribution in [2.75, 3.05) is 5.73 Å². The van der Waals surface area contributed by atoms with Crippen molar-refractivity contribution < 1.29 is 9.90 Å². The van der Waals surface area contributed by atoms with Crippen LogP contribution in [0.1, 0.15) is 22.8 Å².